The highest BCUT2D eigenvalue weighted by molar-refractivity contribution is 9.11. The number of halogens is 3. The minimum Gasteiger partial charge on any atom is -0.495 e. The fraction of sp³-hybridized carbons (Fsp3) is 0.125. The van der Waals surface area contributed by atoms with E-state index in [2.05, 4.69) is 42.4 Å². The smallest absolute Gasteiger partial charge is 0.271 e. The van der Waals surface area contributed by atoms with Gasteiger partial charge in [0.1, 0.15) is 5.75 Å². The Morgan fingerprint density at radius 2 is 2.04 bits per heavy atom. The molecule has 0 bridgehead atoms. The van der Waals surface area contributed by atoms with Crippen LogP contribution in [0.25, 0.3) is 0 Å². The lowest BCUT2D eigenvalue weighted by Gasteiger charge is -2.08. The van der Waals surface area contributed by atoms with Crippen LogP contribution >= 0.6 is 43.5 Å². The number of benzene rings is 2. The van der Waals surface area contributed by atoms with Crippen LogP contribution in [0.2, 0.25) is 5.02 Å². The second-order valence-electron chi connectivity index (χ2n) is 4.67. The second-order valence-corrected chi connectivity index (χ2v) is 6.85. The van der Waals surface area contributed by atoms with Crippen molar-refractivity contribution in [2.75, 3.05) is 7.11 Å². The van der Waals surface area contributed by atoms with E-state index >= 15 is 0 Å². The van der Waals surface area contributed by atoms with Crippen molar-refractivity contribution < 1.29 is 9.53 Å². The monoisotopic (exact) mass is 458 g/mol. The Labute approximate surface area is 156 Å². The number of amides is 1. The van der Waals surface area contributed by atoms with Gasteiger partial charge < -0.3 is 4.74 Å². The third-order valence-electron chi connectivity index (χ3n) is 3.04. The van der Waals surface area contributed by atoms with E-state index in [1.807, 2.05) is 19.1 Å². The molecule has 0 atom stereocenters. The molecule has 23 heavy (non-hydrogen) atoms. The summed E-state index contributed by atoms with van der Waals surface area (Å²) in [5, 5.41) is 4.51. The zero-order valence-electron chi connectivity index (χ0n) is 12.4. The minimum atomic E-state index is -0.337. The summed E-state index contributed by atoms with van der Waals surface area (Å²) in [6.07, 6.45) is 1.52. The summed E-state index contributed by atoms with van der Waals surface area (Å²) in [7, 11) is 1.57. The van der Waals surface area contributed by atoms with E-state index < -0.39 is 0 Å². The van der Waals surface area contributed by atoms with Gasteiger partial charge in [0.2, 0.25) is 0 Å². The first-order chi connectivity index (χ1) is 10.9. The van der Waals surface area contributed by atoms with Crippen molar-refractivity contribution in [1.82, 2.24) is 5.43 Å². The molecule has 120 valence electrons. The number of aryl methyl sites for hydroxylation is 1. The molecule has 0 fully saturated rings. The Bertz CT molecular complexity index is 779. The summed E-state index contributed by atoms with van der Waals surface area (Å²) in [6.45, 7) is 1.87. The van der Waals surface area contributed by atoms with Crippen LogP contribution in [-0.4, -0.2) is 19.2 Å². The molecule has 0 aromatic heterocycles. The number of ether oxygens (including phenoxy) is 1. The van der Waals surface area contributed by atoms with Crippen molar-refractivity contribution >= 4 is 55.6 Å². The fourth-order valence-corrected chi connectivity index (χ4v) is 3.45. The third kappa shape index (κ3) is 4.56. The second kappa shape index (κ2) is 7.95. The van der Waals surface area contributed by atoms with Gasteiger partial charge in [0.25, 0.3) is 5.91 Å². The van der Waals surface area contributed by atoms with Gasteiger partial charge in [-0.1, -0.05) is 33.6 Å². The van der Waals surface area contributed by atoms with Gasteiger partial charge in [0, 0.05) is 20.6 Å². The summed E-state index contributed by atoms with van der Waals surface area (Å²) in [6, 6.07) is 8.79. The first-order valence-electron chi connectivity index (χ1n) is 6.55. The van der Waals surface area contributed by atoms with Gasteiger partial charge in [0.15, 0.2) is 0 Å². The number of carbonyl (C=O) groups is 1. The van der Waals surface area contributed by atoms with E-state index in [0.29, 0.717) is 16.3 Å². The van der Waals surface area contributed by atoms with E-state index in [1.54, 1.807) is 25.3 Å². The first kappa shape index (κ1) is 18.0. The van der Waals surface area contributed by atoms with Gasteiger partial charge in [-0.05, 0) is 52.7 Å². The number of methoxy groups -OCH3 is 1. The van der Waals surface area contributed by atoms with Gasteiger partial charge in [-0.3, -0.25) is 4.79 Å². The summed E-state index contributed by atoms with van der Waals surface area (Å²) in [5.41, 5.74) is 4.55. The Balaban J connectivity index is 2.15. The molecule has 0 heterocycles. The molecule has 0 aliphatic rings. The number of carbonyl (C=O) groups excluding carboxylic acids is 1. The molecule has 4 nitrogen and oxygen atoms in total. The van der Waals surface area contributed by atoms with E-state index in [-0.39, 0.29) is 5.91 Å². The molecule has 0 saturated heterocycles. The van der Waals surface area contributed by atoms with Crippen molar-refractivity contribution in [3.63, 3.8) is 0 Å². The van der Waals surface area contributed by atoms with Gasteiger partial charge in [-0.2, -0.15) is 5.10 Å². The number of hydrogen-bond acceptors (Lipinski definition) is 3. The van der Waals surface area contributed by atoms with Gasteiger partial charge in [0.05, 0.1) is 17.8 Å². The predicted molar refractivity (Wildman–Crippen MR) is 99.6 cm³/mol. The molecule has 0 radical (unpaired) electrons. The Hall–Kier alpha value is -1.37. The molecular weight excluding hydrogens is 447 g/mol. The molecular formula is C16H13Br2ClN2O2. The molecule has 2 aromatic carbocycles. The molecule has 0 aliphatic carbocycles. The largest absolute Gasteiger partial charge is 0.495 e. The molecule has 0 spiro atoms. The van der Waals surface area contributed by atoms with E-state index in [9.17, 15) is 4.79 Å². The topological polar surface area (TPSA) is 50.7 Å². The van der Waals surface area contributed by atoms with E-state index in [0.717, 1.165) is 20.1 Å². The lowest BCUT2D eigenvalue weighted by molar-refractivity contribution is 0.0955. The standard InChI is InChI=1S/C16H13Br2ClN2O2/c1-9-3-4-10(6-14(9)19)16(22)21-20-8-11-5-12(17)7-13(18)15(11)23-2/h3-8H,1-2H3,(H,21,22)/b20-8-. The zero-order chi connectivity index (χ0) is 17.0. The summed E-state index contributed by atoms with van der Waals surface area (Å²) >= 11 is 12.8. The highest BCUT2D eigenvalue weighted by Gasteiger charge is 2.09. The molecule has 0 saturated carbocycles. The molecule has 2 rings (SSSR count). The maximum Gasteiger partial charge on any atom is 0.271 e. The number of rotatable bonds is 4. The number of hydrogen-bond donors (Lipinski definition) is 1. The maximum absolute atomic E-state index is 12.1. The highest BCUT2D eigenvalue weighted by atomic mass is 79.9. The average Bonchev–Trinajstić information content (AvgIpc) is 2.49. The number of nitrogens with zero attached hydrogens (tertiary/aromatic N) is 1. The zero-order valence-corrected chi connectivity index (χ0v) is 16.3. The predicted octanol–water partition coefficient (Wildman–Crippen LogP) is 4.95. The number of hydrazone groups is 1. The SMILES string of the molecule is COc1c(Br)cc(Br)cc1/C=N\NC(=O)c1ccc(C)c(Cl)c1. The Morgan fingerprint density at radius 1 is 1.30 bits per heavy atom. The fourth-order valence-electron chi connectivity index (χ4n) is 1.85. The minimum absolute atomic E-state index is 0.337. The molecule has 1 amide bonds. The van der Waals surface area contributed by atoms with Gasteiger partial charge in [-0.15, -0.1) is 0 Å². The van der Waals surface area contributed by atoms with E-state index in [1.165, 1.54) is 6.21 Å². The lowest BCUT2D eigenvalue weighted by atomic mass is 10.1. The van der Waals surface area contributed by atoms with E-state index in [4.69, 9.17) is 16.3 Å². The van der Waals surface area contributed by atoms with Crippen molar-refractivity contribution in [3.8, 4) is 5.75 Å². The van der Waals surface area contributed by atoms with Crippen molar-refractivity contribution in [2.45, 2.75) is 6.92 Å². The molecule has 0 aliphatic heterocycles. The molecule has 2 aromatic rings. The van der Waals surface area contributed by atoms with Crippen LogP contribution < -0.4 is 10.2 Å². The highest BCUT2D eigenvalue weighted by Crippen LogP contribution is 2.31. The molecule has 7 heteroatoms. The van der Waals surface area contributed by atoms with Crippen LogP contribution in [0.4, 0.5) is 0 Å². The van der Waals surface area contributed by atoms with Crippen LogP contribution in [0.1, 0.15) is 21.5 Å². The number of nitrogens with one attached hydrogen (secondary N) is 1. The van der Waals surface area contributed by atoms with Crippen LogP contribution in [0.5, 0.6) is 5.75 Å². The average molecular weight is 461 g/mol. The van der Waals surface area contributed by atoms with Crippen LogP contribution in [0, 0.1) is 6.92 Å². The van der Waals surface area contributed by atoms with Crippen LogP contribution in [-0.2, 0) is 0 Å². The quantitative estimate of drug-likeness (QED) is 0.519. The van der Waals surface area contributed by atoms with Crippen LogP contribution in [0.3, 0.4) is 0 Å². The summed E-state index contributed by atoms with van der Waals surface area (Å²) in [5.74, 6) is 0.292. The van der Waals surface area contributed by atoms with Gasteiger partial charge in [-0.25, -0.2) is 5.43 Å². The maximum atomic E-state index is 12.1. The molecule has 1 N–H and O–H groups in total. The molecule has 0 unspecified atom stereocenters. The third-order valence-corrected chi connectivity index (χ3v) is 4.50. The van der Waals surface area contributed by atoms with Gasteiger partial charge >= 0.3 is 0 Å². The van der Waals surface area contributed by atoms with Crippen LogP contribution in [0.15, 0.2) is 44.4 Å². The summed E-state index contributed by atoms with van der Waals surface area (Å²) < 4.78 is 6.96. The van der Waals surface area contributed by atoms with Crippen molar-refractivity contribution in [1.29, 1.82) is 0 Å². The van der Waals surface area contributed by atoms with Crippen molar-refractivity contribution in [2.24, 2.45) is 5.10 Å². The lowest BCUT2D eigenvalue weighted by Crippen LogP contribution is -2.17. The first-order valence-corrected chi connectivity index (χ1v) is 8.51. The normalized spacial score (nSPS) is 10.8. The Morgan fingerprint density at radius 3 is 2.70 bits per heavy atom. The van der Waals surface area contributed by atoms with Crippen molar-refractivity contribution in [3.05, 3.63) is 61.0 Å². The summed E-state index contributed by atoms with van der Waals surface area (Å²) in [4.78, 5) is 12.1. The Kier molecular flexibility index (Phi) is 6.21.